The molecule has 0 aliphatic carbocycles. The van der Waals surface area contributed by atoms with Gasteiger partial charge in [0.05, 0.1) is 12.6 Å². The molecule has 1 aromatic heterocycles. The van der Waals surface area contributed by atoms with Crippen LogP contribution in [-0.4, -0.2) is 19.0 Å². The highest BCUT2D eigenvalue weighted by Crippen LogP contribution is 2.28. The third-order valence-electron chi connectivity index (χ3n) is 4.65. The predicted molar refractivity (Wildman–Crippen MR) is 103 cm³/mol. The van der Waals surface area contributed by atoms with Crippen LogP contribution in [0.4, 0.5) is 10.1 Å². The van der Waals surface area contributed by atoms with E-state index in [0.29, 0.717) is 6.54 Å². The first-order chi connectivity index (χ1) is 12.7. The minimum Gasteiger partial charge on any atom is -0.362 e. The fourth-order valence-electron chi connectivity index (χ4n) is 3.38. The van der Waals surface area contributed by atoms with E-state index < -0.39 is 0 Å². The summed E-state index contributed by atoms with van der Waals surface area (Å²) in [5.41, 5.74) is 3.30. The number of amides is 1. The average molecular weight is 366 g/mol. The van der Waals surface area contributed by atoms with E-state index in [1.807, 2.05) is 29.6 Å². The molecular formula is C21H19FN2OS. The van der Waals surface area contributed by atoms with Gasteiger partial charge >= 0.3 is 0 Å². The van der Waals surface area contributed by atoms with Crippen molar-refractivity contribution in [2.24, 2.45) is 0 Å². The van der Waals surface area contributed by atoms with Crippen LogP contribution in [0, 0.1) is 5.82 Å². The number of fused-ring (bicyclic) bond motifs is 1. The van der Waals surface area contributed by atoms with Gasteiger partial charge in [-0.1, -0.05) is 36.4 Å². The van der Waals surface area contributed by atoms with Gasteiger partial charge < -0.3 is 10.2 Å². The van der Waals surface area contributed by atoms with Gasteiger partial charge in [-0.05, 0) is 47.2 Å². The van der Waals surface area contributed by atoms with Crippen molar-refractivity contribution >= 4 is 22.9 Å². The summed E-state index contributed by atoms with van der Waals surface area (Å²) in [7, 11) is 0. The number of hydrogen-bond acceptors (Lipinski definition) is 3. The molecule has 4 rings (SSSR count). The molecule has 1 amide bonds. The third-order valence-corrected chi connectivity index (χ3v) is 5.59. The molecule has 0 unspecified atom stereocenters. The van der Waals surface area contributed by atoms with E-state index in [4.69, 9.17) is 0 Å². The molecule has 0 spiro atoms. The summed E-state index contributed by atoms with van der Waals surface area (Å²) < 4.78 is 13.3. The fourth-order valence-corrected chi connectivity index (χ4v) is 4.18. The molecule has 1 N–H and O–H groups in total. The predicted octanol–water partition coefficient (Wildman–Crippen LogP) is 4.16. The summed E-state index contributed by atoms with van der Waals surface area (Å²) in [4.78, 5) is 15.9. The first-order valence-electron chi connectivity index (χ1n) is 8.62. The lowest BCUT2D eigenvalue weighted by molar-refractivity contribution is -0.120. The van der Waals surface area contributed by atoms with E-state index in [-0.39, 0.29) is 17.8 Å². The van der Waals surface area contributed by atoms with E-state index in [9.17, 15) is 9.18 Å². The topological polar surface area (TPSA) is 32.3 Å². The van der Waals surface area contributed by atoms with Crippen molar-refractivity contribution in [2.75, 3.05) is 18.0 Å². The summed E-state index contributed by atoms with van der Waals surface area (Å²) in [6, 6.07) is 18.2. The Labute approximate surface area is 156 Å². The van der Waals surface area contributed by atoms with Gasteiger partial charge in [-0.3, -0.25) is 4.79 Å². The van der Waals surface area contributed by atoms with Crippen LogP contribution >= 0.6 is 11.3 Å². The molecule has 2 aromatic carbocycles. The maximum Gasteiger partial charge on any atom is 0.240 e. The van der Waals surface area contributed by atoms with E-state index >= 15 is 0 Å². The molecule has 0 fully saturated rings. The van der Waals surface area contributed by atoms with Crippen molar-refractivity contribution < 1.29 is 9.18 Å². The molecule has 5 heteroatoms. The zero-order valence-electron chi connectivity index (χ0n) is 14.2. The molecule has 3 nitrogen and oxygen atoms in total. The summed E-state index contributed by atoms with van der Waals surface area (Å²) in [5.74, 6) is -0.317. The van der Waals surface area contributed by atoms with Crippen LogP contribution in [0.3, 0.4) is 0 Å². The second kappa shape index (κ2) is 7.30. The van der Waals surface area contributed by atoms with Crippen LogP contribution in [-0.2, 0) is 11.2 Å². The van der Waals surface area contributed by atoms with Crippen LogP contribution < -0.4 is 10.2 Å². The van der Waals surface area contributed by atoms with Crippen LogP contribution in [0.5, 0.6) is 0 Å². The largest absolute Gasteiger partial charge is 0.362 e. The second-order valence-corrected chi connectivity index (χ2v) is 7.35. The van der Waals surface area contributed by atoms with E-state index in [1.54, 1.807) is 23.5 Å². The highest BCUT2D eigenvalue weighted by molar-refractivity contribution is 7.10. The average Bonchev–Trinajstić information content (AvgIpc) is 3.31. The first-order valence-corrected chi connectivity index (χ1v) is 9.50. The number of halogens is 1. The molecule has 0 saturated heterocycles. The number of hydrogen-bond donors (Lipinski definition) is 1. The highest BCUT2D eigenvalue weighted by Gasteiger charge is 2.23. The normalized spacial score (nSPS) is 14.1. The van der Waals surface area contributed by atoms with Gasteiger partial charge in [0.1, 0.15) is 5.82 Å². The fraction of sp³-hybridized carbons (Fsp3) is 0.190. The Morgan fingerprint density at radius 1 is 1.12 bits per heavy atom. The van der Waals surface area contributed by atoms with Gasteiger partial charge in [-0.25, -0.2) is 4.39 Å². The van der Waals surface area contributed by atoms with Crippen LogP contribution in [0.1, 0.15) is 22.0 Å². The zero-order valence-corrected chi connectivity index (χ0v) is 15.0. The minimum atomic E-state index is -0.279. The van der Waals surface area contributed by atoms with Gasteiger partial charge in [-0.2, -0.15) is 0 Å². The van der Waals surface area contributed by atoms with Crippen LogP contribution in [0.25, 0.3) is 0 Å². The third kappa shape index (κ3) is 3.48. The van der Waals surface area contributed by atoms with Crippen molar-refractivity contribution in [1.29, 1.82) is 0 Å². The standard InChI is InChI=1S/C21H19FN2OS/c22-17-9-7-16(8-10-17)21(19-6-3-13-26-19)23-20(25)14-24-12-11-15-4-1-2-5-18(15)24/h1-10,13,21H,11-12,14H2,(H,23,25)/t21-/m0/s1. The molecule has 0 bridgehead atoms. The zero-order chi connectivity index (χ0) is 17.9. The number of anilines is 1. The Hall–Kier alpha value is -2.66. The van der Waals surface area contributed by atoms with Crippen LogP contribution in [0.2, 0.25) is 0 Å². The molecule has 0 radical (unpaired) electrons. The Balaban J connectivity index is 1.51. The van der Waals surface area contributed by atoms with Gasteiger partial charge in [0.25, 0.3) is 0 Å². The van der Waals surface area contributed by atoms with Crippen molar-refractivity contribution in [3.8, 4) is 0 Å². The van der Waals surface area contributed by atoms with E-state index in [2.05, 4.69) is 22.3 Å². The molecule has 3 aromatic rings. The van der Waals surface area contributed by atoms with E-state index in [0.717, 1.165) is 29.1 Å². The molecule has 132 valence electrons. The van der Waals surface area contributed by atoms with E-state index in [1.165, 1.54) is 17.7 Å². The van der Waals surface area contributed by atoms with Crippen molar-refractivity contribution in [2.45, 2.75) is 12.5 Å². The lowest BCUT2D eigenvalue weighted by Gasteiger charge is -2.22. The summed E-state index contributed by atoms with van der Waals surface area (Å²) in [5, 5.41) is 5.10. The van der Waals surface area contributed by atoms with Gasteiger partial charge in [0.15, 0.2) is 0 Å². The smallest absolute Gasteiger partial charge is 0.240 e. The van der Waals surface area contributed by atoms with Gasteiger partial charge in [-0.15, -0.1) is 11.3 Å². The molecule has 1 aliphatic rings. The molecule has 26 heavy (non-hydrogen) atoms. The number of thiophene rings is 1. The van der Waals surface area contributed by atoms with Crippen molar-refractivity contribution in [3.05, 3.63) is 87.9 Å². The second-order valence-electron chi connectivity index (χ2n) is 6.37. The summed E-state index contributed by atoms with van der Waals surface area (Å²) in [6.07, 6.45) is 0.968. The Morgan fingerprint density at radius 3 is 2.69 bits per heavy atom. The monoisotopic (exact) mass is 366 g/mol. The lowest BCUT2D eigenvalue weighted by Crippen LogP contribution is -2.38. The van der Waals surface area contributed by atoms with Crippen molar-refractivity contribution in [3.63, 3.8) is 0 Å². The molecule has 0 saturated carbocycles. The number of para-hydroxylation sites is 1. The van der Waals surface area contributed by atoms with Crippen molar-refractivity contribution in [1.82, 2.24) is 5.32 Å². The molecule has 1 aliphatic heterocycles. The lowest BCUT2D eigenvalue weighted by atomic mass is 10.1. The van der Waals surface area contributed by atoms with Gasteiger partial charge in [0, 0.05) is 17.1 Å². The summed E-state index contributed by atoms with van der Waals surface area (Å²) >= 11 is 1.58. The number of carbonyl (C=O) groups excluding carboxylic acids is 1. The number of nitrogens with zero attached hydrogens (tertiary/aromatic N) is 1. The maximum absolute atomic E-state index is 13.3. The minimum absolute atomic E-state index is 0.0376. The number of nitrogens with one attached hydrogen (secondary N) is 1. The summed E-state index contributed by atoms with van der Waals surface area (Å²) in [6.45, 7) is 1.17. The Morgan fingerprint density at radius 2 is 1.92 bits per heavy atom. The highest BCUT2D eigenvalue weighted by atomic mass is 32.1. The Kier molecular flexibility index (Phi) is 4.71. The molecular weight excluding hydrogens is 347 g/mol. The molecule has 2 heterocycles. The number of carbonyl (C=O) groups is 1. The quantitative estimate of drug-likeness (QED) is 0.736. The SMILES string of the molecule is O=C(CN1CCc2ccccc21)N[C@@H](c1ccc(F)cc1)c1cccs1. The molecule has 1 atom stereocenters. The van der Waals surface area contributed by atoms with Gasteiger partial charge in [0.2, 0.25) is 5.91 Å². The first kappa shape index (κ1) is 16.8. The Bertz CT molecular complexity index is 893. The van der Waals surface area contributed by atoms with Crippen LogP contribution in [0.15, 0.2) is 66.0 Å². The maximum atomic E-state index is 13.3. The number of rotatable bonds is 5. The number of benzene rings is 2.